The number of piperidine rings is 1. The van der Waals surface area contributed by atoms with E-state index in [4.69, 9.17) is 33.9 Å². The van der Waals surface area contributed by atoms with Gasteiger partial charge in [-0.15, -0.1) is 0 Å². The molecule has 164 valence electrons. The predicted octanol–water partition coefficient (Wildman–Crippen LogP) is 4.35. The highest BCUT2D eigenvalue weighted by molar-refractivity contribution is 6.45. The number of anilines is 2. The van der Waals surface area contributed by atoms with Gasteiger partial charge in [0.05, 0.1) is 10.7 Å². The maximum atomic E-state index is 6.52. The fourth-order valence-corrected chi connectivity index (χ4v) is 5.99. The molecule has 3 aromatic heterocycles. The molecule has 1 spiro atoms. The molecule has 3 aromatic rings. The van der Waals surface area contributed by atoms with Crippen LogP contribution in [-0.2, 0) is 0 Å². The number of imidazole rings is 1. The number of halogens is 2. The van der Waals surface area contributed by atoms with Crippen LogP contribution in [0.15, 0.2) is 18.6 Å². The van der Waals surface area contributed by atoms with Gasteiger partial charge in [0, 0.05) is 48.8 Å². The molecule has 1 saturated heterocycles. The van der Waals surface area contributed by atoms with E-state index in [1.807, 2.05) is 17.5 Å². The van der Waals surface area contributed by atoms with Crippen molar-refractivity contribution in [2.24, 2.45) is 5.41 Å². The van der Waals surface area contributed by atoms with E-state index in [9.17, 15) is 0 Å². The van der Waals surface area contributed by atoms with E-state index < -0.39 is 0 Å². The Labute approximate surface area is 192 Å². The minimum absolute atomic E-state index is 0.214. The average Bonchev–Trinajstić information content (AvgIpc) is 3.40. The van der Waals surface area contributed by atoms with Crippen LogP contribution in [0.5, 0.6) is 0 Å². The van der Waals surface area contributed by atoms with Gasteiger partial charge in [-0.05, 0) is 45.1 Å². The quantitative estimate of drug-likeness (QED) is 0.605. The molecule has 3 N–H and O–H groups in total. The predicted molar refractivity (Wildman–Crippen MR) is 126 cm³/mol. The van der Waals surface area contributed by atoms with Crippen molar-refractivity contribution in [3.05, 3.63) is 34.3 Å². The van der Waals surface area contributed by atoms with Gasteiger partial charge in [-0.1, -0.05) is 29.6 Å². The zero-order chi connectivity index (χ0) is 21.8. The normalized spacial score (nSPS) is 20.8. The molecular weight excluding hydrogens is 433 g/mol. The van der Waals surface area contributed by atoms with E-state index in [1.165, 1.54) is 32.1 Å². The van der Waals surface area contributed by atoms with Crippen LogP contribution in [-0.4, -0.2) is 45.5 Å². The molecule has 1 saturated carbocycles. The topological polar surface area (TPSA) is 84.4 Å². The molecule has 1 aliphatic carbocycles. The van der Waals surface area contributed by atoms with Gasteiger partial charge in [-0.25, -0.2) is 15.0 Å². The smallest absolute Gasteiger partial charge is 0.211 e. The number of hydrogen-bond donors (Lipinski definition) is 2. The van der Waals surface area contributed by atoms with Crippen LogP contribution in [0, 0.1) is 12.3 Å². The van der Waals surface area contributed by atoms with Crippen LogP contribution in [0.4, 0.5) is 11.8 Å². The van der Waals surface area contributed by atoms with Crippen LogP contribution in [0.25, 0.3) is 16.8 Å². The zero-order valence-corrected chi connectivity index (χ0v) is 19.3. The van der Waals surface area contributed by atoms with Gasteiger partial charge >= 0.3 is 0 Å². The molecule has 0 aromatic carbocycles. The standard InChI is InChI=1S/C22H27Cl2N7/c1-13-16(14-12-28-19(25)18(24)17(14)23)20-27-8-11-31(20)21(29-13)30-9-6-22(7-10-30)5-3-4-15(22)26-2/h8,11-12,15,26H,3-7,9-10H2,1-2H3,(H2,25,28)/t15-/m1/s1. The van der Waals surface area contributed by atoms with Crippen molar-refractivity contribution in [3.8, 4) is 11.1 Å². The highest BCUT2D eigenvalue weighted by atomic mass is 35.5. The Kier molecular flexibility index (Phi) is 5.23. The minimum Gasteiger partial charge on any atom is -0.382 e. The van der Waals surface area contributed by atoms with Gasteiger partial charge in [0.2, 0.25) is 5.95 Å². The van der Waals surface area contributed by atoms with Gasteiger partial charge in [0.1, 0.15) is 16.5 Å². The molecule has 0 bridgehead atoms. The first-order valence-electron chi connectivity index (χ1n) is 10.8. The molecule has 1 atom stereocenters. The van der Waals surface area contributed by atoms with Crippen LogP contribution in [0.2, 0.25) is 10.0 Å². The summed E-state index contributed by atoms with van der Waals surface area (Å²) in [6, 6.07) is 0.630. The maximum absolute atomic E-state index is 6.52. The second-order valence-electron chi connectivity index (χ2n) is 8.76. The molecule has 9 heteroatoms. The Morgan fingerprint density at radius 3 is 2.68 bits per heavy atom. The number of fused-ring (bicyclic) bond motifs is 1. The van der Waals surface area contributed by atoms with Crippen molar-refractivity contribution in [1.29, 1.82) is 0 Å². The first-order valence-corrected chi connectivity index (χ1v) is 11.6. The molecule has 4 heterocycles. The van der Waals surface area contributed by atoms with Gasteiger partial charge in [-0.2, -0.15) is 0 Å². The summed E-state index contributed by atoms with van der Waals surface area (Å²) in [7, 11) is 2.10. The third kappa shape index (κ3) is 3.25. The highest BCUT2D eigenvalue weighted by Crippen LogP contribution is 2.47. The van der Waals surface area contributed by atoms with Crippen molar-refractivity contribution in [2.75, 3.05) is 30.8 Å². The number of aromatic nitrogens is 4. The van der Waals surface area contributed by atoms with Crippen molar-refractivity contribution in [1.82, 2.24) is 24.7 Å². The lowest BCUT2D eigenvalue weighted by Crippen LogP contribution is -2.48. The summed E-state index contributed by atoms with van der Waals surface area (Å²) >= 11 is 12.8. The number of aryl methyl sites for hydroxylation is 1. The summed E-state index contributed by atoms with van der Waals surface area (Å²) in [6.45, 7) is 3.97. The number of nitrogen functional groups attached to an aromatic ring is 1. The monoisotopic (exact) mass is 459 g/mol. The van der Waals surface area contributed by atoms with E-state index in [2.05, 4.69) is 27.2 Å². The van der Waals surface area contributed by atoms with E-state index in [-0.39, 0.29) is 10.8 Å². The average molecular weight is 460 g/mol. The lowest BCUT2D eigenvalue weighted by atomic mass is 9.74. The number of rotatable bonds is 3. The summed E-state index contributed by atoms with van der Waals surface area (Å²) < 4.78 is 2.05. The molecular formula is C22H27Cl2N7. The number of hydrogen-bond acceptors (Lipinski definition) is 6. The Balaban J connectivity index is 1.53. The van der Waals surface area contributed by atoms with Crippen molar-refractivity contribution in [3.63, 3.8) is 0 Å². The third-order valence-electron chi connectivity index (χ3n) is 7.26. The minimum atomic E-state index is 0.214. The molecule has 5 rings (SSSR count). The van der Waals surface area contributed by atoms with Crippen LogP contribution in [0.3, 0.4) is 0 Å². The summed E-state index contributed by atoms with van der Waals surface area (Å²) in [6.07, 6.45) is 11.7. The van der Waals surface area contributed by atoms with Gasteiger partial charge < -0.3 is 16.0 Å². The lowest BCUT2D eigenvalue weighted by molar-refractivity contribution is 0.177. The van der Waals surface area contributed by atoms with Crippen LogP contribution in [0.1, 0.15) is 37.8 Å². The summed E-state index contributed by atoms with van der Waals surface area (Å²) in [5.41, 5.74) is 9.39. The second kappa shape index (κ2) is 7.80. The second-order valence-corrected chi connectivity index (χ2v) is 9.52. The molecule has 7 nitrogen and oxygen atoms in total. The molecule has 31 heavy (non-hydrogen) atoms. The molecule has 2 aliphatic rings. The SMILES string of the molecule is CN[C@@H]1CCCC12CCN(c1nc(C)c(-c3cnc(N)c(Cl)c3Cl)c3nccn13)CC2. The lowest BCUT2D eigenvalue weighted by Gasteiger charge is -2.43. The third-order valence-corrected chi connectivity index (χ3v) is 8.13. The number of nitrogens with one attached hydrogen (secondary N) is 1. The largest absolute Gasteiger partial charge is 0.382 e. The van der Waals surface area contributed by atoms with E-state index in [0.717, 1.165) is 35.9 Å². The van der Waals surface area contributed by atoms with Crippen molar-refractivity contribution >= 4 is 40.6 Å². The first-order chi connectivity index (χ1) is 14.9. The van der Waals surface area contributed by atoms with Gasteiger partial charge in [-0.3, -0.25) is 4.40 Å². The zero-order valence-electron chi connectivity index (χ0n) is 17.8. The number of nitrogens with two attached hydrogens (primary N) is 1. The van der Waals surface area contributed by atoms with Crippen LogP contribution < -0.4 is 16.0 Å². The van der Waals surface area contributed by atoms with E-state index in [1.54, 1.807) is 12.4 Å². The molecule has 0 radical (unpaired) electrons. The Morgan fingerprint density at radius 2 is 1.94 bits per heavy atom. The molecule has 2 fully saturated rings. The highest BCUT2D eigenvalue weighted by Gasteiger charge is 2.44. The molecule has 0 unspecified atom stereocenters. The summed E-state index contributed by atoms with van der Waals surface area (Å²) in [5.74, 6) is 1.14. The maximum Gasteiger partial charge on any atom is 0.211 e. The van der Waals surface area contributed by atoms with Crippen molar-refractivity contribution in [2.45, 2.75) is 45.1 Å². The Bertz CT molecular complexity index is 1130. The summed E-state index contributed by atoms with van der Waals surface area (Å²) in [5, 5.41) is 4.19. The Morgan fingerprint density at radius 1 is 1.16 bits per heavy atom. The Hall–Kier alpha value is -2.09. The fourth-order valence-electron chi connectivity index (χ4n) is 5.60. The van der Waals surface area contributed by atoms with E-state index in [0.29, 0.717) is 22.0 Å². The first kappa shape index (κ1) is 20.8. The fraction of sp³-hybridized carbons (Fsp3) is 0.500. The summed E-state index contributed by atoms with van der Waals surface area (Å²) in [4.78, 5) is 16.2. The molecule has 0 amide bonds. The molecule has 1 aliphatic heterocycles. The van der Waals surface area contributed by atoms with Gasteiger partial charge in [0.25, 0.3) is 0 Å². The van der Waals surface area contributed by atoms with Gasteiger partial charge in [0.15, 0.2) is 0 Å². The van der Waals surface area contributed by atoms with E-state index >= 15 is 0 Å². The van der Waals surface area contributed by atoms with Crippen molar-refractivity contribution < 1.29 is 0 Å². The van der Waals surface area contributed by atoms with Crippen LogP contribution >= 0.6 is 23.2 Å². The number of nitrogens with zero attached hydrogens (tertiary/aromatic N) is 5. The number of pyridine rings is 1.